The van der Waals surface area contributed by atoms with Gasteiger partial charge in [-0.3, -0.25) is 4.85 Å². The zero-order valence-corrected chi connectivity index (χ0v) is 12.3. The molecule has 1 aliphatic carbocycles. The molecule has 0 amide bonds. The molecule has 0 spiro atoms. The minimum Gasteiger partial charge on any atom is -0.392 e. The van der Waals surface area contributed by atoms with E-state index in [4.69, 9.17) is 11.4 Å². The molecule has 1 atom stereocenters. The van der Waals surface area contributed by atoms with Crippen molar-refractivity contribution in [2.75, 3.05) is 6.61 Å². The fourth-order valence-electron chi connectivity index (χ4n) is 2.71. The van der Waals surface area contributed by atoms with E-state index in [1.807, 2.05) is 6.92 Å². The van der Waals surface area contributed by atoms with Crippen molar-refractivity contribution in [1.29, 1.82) is 5.26 Å². The molecule has 0 aliphatic heterocycles. The fourth-order valence-corrected chi connectivity index (χ4v) is 2.71. The van der Waals surface area contributed by atoms with Gasteiger partial charge in [0.25, 0.3) is 0 Å². The third-order valence-corrected chi connectivity index (χ3v) is 3.78. The lowest BCUT2D eigenvalue weighted by Crippen LogP contribution is -2.28. The Hall–Kier alpha value is -1.81. The van der Waals surface area contributed by atoms with Crippen LogP contribution in [0.3, 0.4) is 0 Å². The number of rotatable bonds is 7. The van der Waals surface area contributed by atoms with Crippen LogP contribution in [0, 0.1) is 23.8 Å². The van der Waals surface area contributed by atoms with Crippen LogP contribution in [0.1, 0.15) is 51.9 Å². The zero-order chi connectivity index (χ0) is 14.8. The average Bonchev–Trinajstić information content (AvgIpc) is 2.49. The van der Waals surface area contributed by atoms with Gasteiger partial charge in [0.1, 0.15) is 6.61 Å². The Balaban J connectivity index is 2.49. The molecular formula is C16H23N3O. The maximum Gasteiger partial charge on any atom is 0.316 e. The Morgan fingerprint density at radius 1 is 1.60 bits per heavy atom. The summed E-state index contributed by atoms with van der Waals surface area (Å²) in [5.41, 5.74) is 0.275. The molecule has 1 fully saturated rings. The lowest BCUT2D eigenvalue weighted by Gasteiger charge is -2.25. The van der Waals surface area contributed by atoms with Crippen molar-refractivity contribution in [1.82, 2.24) is 0 Å². The van der Waals surface area contributed by atoms with Crippen molar-refractivity contribution in [3.63, 3.8) is 0 Å². The quantitative estimate of drug-likeness (QED) is 0.303. The first-order valence-corrected chi connectivity index (χ1v) is 7.28. The molecule has 0 saturated heterocycles. The van der Waals surface area contributed by atoms with Gasteiger partial charge in [-0.15, -0.1) is 0 Å². The lowest BCUT2D eigenvalue weighted by atomic mass is 9.78. The standard InChI is InChI=1S/C16H23N3O/c1-4-10-16(13-17,18-3)12-14-6-8-15(9-7-14)19-20-11-5-2/h5,14H,2,4,6-12H2,1H3. The molecule has 1 aliphatic rings. The monoisotopic (exact) mass is 273 g/mol. The first kappa shape index (κ1) is 16.2. The average molecular weight is 273 g/mol. The normalized spacial score (nSPS) is 21.1. The fraction of sp³-hybridized carbons (Fsp3) is 0.688. The third-order valence-electron chi connectivity index (χ3n) is 3.78. The summed E-state index contributed by atoms with van der Waals surface area (Å²) in [6, 6.07) is 2.25. The Morgan fingerprint density at radius 3 is 2.80 bits per heavy atom. The van der Waals surface area contributed by atoms with Gasteiger partial charge in [-0.2, -0.15) is 5.26 Å². The zero-order valence-electron chi connectivity index (χ0n) is 12.3. The summed E-state index contributed by atoms with van der Waals surface area (Å²) >= 11 is 0. The predicted molar refractivity (Wildman–Crippen MR) is 80.0 cm³/mol. The van der Waals surface area contributed by atoms with Crippen LogP contribution in [0.25, 0.3) is 4.85 Å². The Bertz CT molecular complexity index is 404. The Labute approximate surface area is 121 Å². The maximum atomic E-state index is 9.32. The lowest BCUT2D eigenvalue weighted by molar-refractivity contribution is 0.171. The van der Waals surface area contributed by atoms with Crippen molar-refractivity contribution in [2.24, 2.45) is 11.1 Å². The second-order valence-corrected chi connectivity index (χ2v) is 5.39. The SMILES string of the molecule is [C-]#[N+]C(C#N)(CCC)CC1CCC(=NOCC=C)CC1. The Morgan fingerprint density at radius 2 is 2.30 bits per heavy atom. The van der Waals surface area contributed by atoms with E-state index in [1.54, 1.807) is 6.08 Å². The highest BCUT2D eigenvalue weighted by Gasteiger charge is 2.39. The van der Waals surface area contributed by atoms with Gasteiger partial charge in [-0.25, -0.2) is 6.57 Å². The molecule has 0 bridgehead atoms. The molecule has 1 unspecified atom stereocenters. The van der Waals surface area contributed by atoms with Gasteiger partial charge in [0.15, 0.2) is 6.07 Å². The van der Waals surface area contributed by atoms with Gasteiger partial charge in [0, 0.05) is 12.8 Å². The number of oxime groups is 1. The smallest absolute Gasteiger partial charge is 0.316 e. The molecule has 0 aromatic carbocycles. The molecule has 1 saturated carbocycles. The topological polar surface area (TPSA) is 49.7 Å². The maximum absolute atomic E-state index is 9.32. The Kier molecular flexibility index (Phi) is 6.81. The molecule has 0 aromatic heterocycles. The second kappa shape index (κ2) is 8.38. The molecule has 0 N–H and O–H groups in total. The highest BCUT2D eigenvalue weighted by atomic mass is 16.6. The number of nitrogens with zero attached hydrogens (tertiary/aromatic N) is 3. The summed E-state index contributed by atoms with van der Waals surface area (Å²) in [6.07, 6.45) is 7.75. The minimum absolute atomic E-state index is 0.443. The number of nitriles is 1. The first-order valence-electron chi connectivity index (χ1n) is 7.28. The minimum atomic E-state index is -0.812. The van der Waals surface area contributed by atoms with Gasteiger partial charge >= 0.3 is 5.54 Å². The van der Waals surface area contributed by atoms with Crippen LogP contribution in [0.5, 0.6) is 0 Å². The summed E-state index contributed by atoms with van der Waals surface area (Å²) in [7, 11) is 0. The van der Waals surface area contributed by atoms with Crippen molar-refractivity contribution in [2.45, 2.75) is 57.4 Å². The summed E-state index contributed by atoms with van der Waals surface area (Å²) in [5, 5.41) is 13.4. The van der Waals surface area contributed by atoms with Gasteiger partial charge in [0.2, 0.25) is 0 Å². The summed E-state index contributed by atoms with van der Waals surface area (Å²) in [6.45, 7) is 13.4. The number of hydrogen-bond donors (Lipinski definition) is 0. The number of hydrogen-bond acceptors (Lipinski definition) is 3. The predicted octanol–water partition coefficient (Wildman–Crippen LogP) is 4.11. The van der Waals surface area contributed by atoms with Crippen molar-refractivity contribution in [3.05, 3.63) is 24.1 Å². The van der Waals surface area contributed by atoms with Crippen LogP contribution in [0.15, 0.2) is 17.8 Å². The van der Waals surface area contributed by atoms with E-state index in [0.29, 0.717) is 25.4 Å². The van der Waals surface area contributed by atoms with E-state index in [-0.39, 0.29) is 0 Å². The summed E-state index contributed by atoms with van der Waals surface area (Å²) in [4.78, 5) is 8.73. The van der Waals surface area contributed by atoms with Gasteiger partial charge in [-0.1, -0.05) is 24.7 Å². The largest absolute Gasteiger partial charge is 0.392 e. The van der Waals surface area contributed by atoms with E-state index in [2.05, 4.69) is 22.6 Å². The van der Waals surface area contributed by atoms with Crippen LogP contribution < -0.4 is 0 Å². The first-order chi connectivity index (χ1) is 9.69. The summed E-state index contributed by atoms with van der Waals surface area (Å²) in [5.74, 6) is 0.452. The molecule has 4 heteroatoms. The van der Waals surface area contributed by atoms with E-state index in [9.17, 15) is 5.26 Å². The van der Waals surface area contributed by atoms with Crippen LogP contribution in [-0.2, 0) is 4.84 Å². The van der Waals surface area contributed by atoms with Crippen molar-refractivity contribution >= 4 is 5.71 Å². The molecule has 4 nitrogen and oxygen atoms in total. The van der Waals surface area contributed by atoms with E-state index in [0.717, 1.165) is 37.8 Å². The van der Waals surface area contributed by atoms with E-state index < -0.39 is 5.54 Å². The molecule has 108 valence electrons. The molecular weight excluding hydrogens is 250 g/mol. The van der Waals surface area contributed by atoms with Crippen LogP contribution in [0.2, 0.25) is 0 Å². The highest BCUT2D eigenvalue weighted by molar-refractivity contribution is 5.84. The van der Waals surface area contributed by atoms with Crippen molar-refractivity contribution in [3.8, 4) is 6.07 Å². The van der Waals surface area contributed by atoms with Crippen LogP contribution in [0.4, 0.5) is 0 Å². The second-order valence-electron chi connectivity index (χ2n) is 5.39. The highest BCUT2D eigenvalue weighted by Crippen LogP contribution is 2.34. The van der Waals surface area contributed by atoms with Crippen LogP contribution in [-0.4, -0.2) is 17.9 Å². The van der Waals surface area contributed by atoms with Gasteiger partial charge in [-0.05, 0) is 38.0 Å². The molecule has 0 radical (unpaired) electrons. The van der Waals surface area contributed by atoms with Crippen molar-refractivity contribution < 1.29 is 4.84 Å². The van der Waals surface area contributed by atoms with Crippen LogP contribution >= 0.6 is 0 Å². The van der Waals surface area contributed by atoms with E-state index in [1.165, 1.54) is 0 Å². The van der Waals surface area contributed by atoms with Gasteiger partial charge in [0.05, 0.1) is 5.71 Å². The molecule has 20 heavy (non-hydrogen) atoms. The molecule has 0 heterocycles. The summed E-state index contributed by atoms with van der Waals surface area (Å²) < 4.78 is 0. The van der Waals surface area contributed by atoms with E-state index >= 15 is 0 Å². The third kappa shape index (κ3) is 4.70. The molecule has 1 rings (SSSR count). The van der Waals surface area contributed by atoms with Gasteiger partial charge < -0.3 is 4.84 Å². The molecule has 0 aromatic rings.